The first-order valence-electron chi connectivity index (χ1n) is 9.42. The molecule has 0 saturated heterocycles. The summed E-state index contributed by atoms with van der Waals surface area (Å²) < 4.78 is 28.4. The highest BCUT2D eigenvalue weighted by atomic mass is 32.2. The number of anilines is 3. The molecular weight excluding hydrogens is 432 g/mol. The highest BCUT2D eigenvalue weighted by molar-refractivity contribution is 7.92. The molecule has 4 rings (SSSR count). The van der Waals surface area contributed by atoms with Crippen LogP contribution in [0.3, 0.4) is 0 Å². The first-order chi connectivity index (χ1) is 15.2. The zero-order chi connectivity index (χ0) is 22.9. The number of hydrogen-bond acceptors (Lipinski definition) is 7. The second-order valence-corrected chi connectivity index (χ2v) is 8.68. The van der Waals surface area contributed by atoms with Gasteiger partial charge >= 0.3 is 5.97 Å². The first kappa shape index (κ1) is 21.1. The normalized spacial score (nSPS) is 11.3. The van der Waals surface area contributed by atoms with Crippen LogP contribution in [-0.4, -0.2) is 34.6 Å². The van der Waals surface area contributed by atoms with Gasteiger partial charge in [-0.05, 0) is 48.9 Å². The summed E-state index contributed by atoms with van der Waals surface area (Å²) >= 11 is 0. The van der Waals surface area contributed by atoms with Crippen LogP contribution in [0.1, 0.15) is 15.9 Å². The average molecular weight is 450 g/mol. The predicted octanol–water partition coefficient (Wildman–Crippen LogP) is 3.89. The molecule has 0 aliphatic carbocycles. The van der Waals surface area contributed by atoms with E-state index in [1.807, 2.05) is 0 Å². The molecule has 3 aromatic carbocycles. The van der Waals surface area contributed by atoms with Crippen LogP contribution in [0, 0.1) is 6.92 Å². The van der Waals surface area contributed by atoms with E-state index in [9.17, 15) is 18.3 Å². The Morgan fingerprint density at radius 2 is 1.59 bits per heavy atom. The van der Waals surface area contributed by atoms with Crippen molar-refractivity contribution in [3.63, 3.8) is 0 Å². The van der Waals surface area contributed by atoms with Crippen molar-refractivity contribution in [2.45, 2.75) is 11.8 Å². The van der Waals surface area contributed by atoms with Gasteiger partial charge in [-0.15, -0.1) is 0 Å². The van der Waals surface area contributed by atoms with Crippen LogP contribution in [0.2, 0.25) is 0 Å². The van der Waals surface area contributed by atoms with Crippen molar-refractivity contribution in [1.29, 1.82) is 0 Å². The summed E-state index contributed by atoms with van der Waals surface area (Å²) in [7, 11) is -3.96. The number of hydrogen-bond donors (Lipinski definition) is 4. The molecule has 4 N–H and O–H groups in total. The topological polar surface area (TPSA) is 142 Å². The molecule has 0 aliphatic heterocycles. The lowest BCUT2D eigenvalue weighted by Crippen LogP contribution is -2.16. The number of aryl methyl sites for hydroxylation is 1. The number of phenols is 1. The van der Waals surface area contributed by atoms with Crippen LogP contribution in [0.15, 0.2) is 71.6 Å². The van der Waals surface area contributed by atoms with Crippen molar-refractivity contribution in [2.75, 3.05) is 10.0 Å². The van der Waals surface area contributed by atoms with E-state index in [1.54, 1.807) is 43.3 Å². The third-order valence-electron chi connectivity index (χ3n) is 4.59. The van der Waals surface area contributed by atoms with Gasteiger partial charge in [0, 0.05) is 11.8 Å². The molecule has 4 aromatic rings. The lowest BCUT2D eigenvalue weighted by Gasteiger charge is -2.14. The van der Waals surface area contributed by atoms with Crippen LogP contribution in [0.4, 0.5) is 17.3 Å². The molecule has 0 bridgehead atoms. The maximum absolute atomic E-state index is 13.0. The van der Waals surface area contributed by atoms with E-state index in [4.69, 9.17) is 5.11 Å². The smallest absolute Gasteiger partial charge is 0.339 e. The Bertz CT molecular complexity index is 1450. The number of sulfonamides is 1. The summed E-state index contributed by atoms with van der Waals surface area (Å²) in [6.07, 6.45) is 0. The van der Waals surface area contributed by atoms with E-state index in [-0.39, 0.29) is 22.1 Å². The van der Waals surface area contributed by atoms with E-state index in [1.165, 1.54) is 30.3 Å². The number of fused-ring (bicyclic) bond motifs is 1. The predicted molar refractivity (Wildman–Crippen MR) is 120 cm³/mol. The van der Waals surface area contributed by atoms with E-state index in [0.29, 0.717) is 16.7 Å². The Balaban J connectivity index is 1.77. The molecule has 162 valence electrons. The van der Waals surface area contributed by atoms with Gasteiger partial charge in [-0.2, -0.15) is 0 Å². The second kappa shape index (κ2) is 8.16. The fraction of sp³-hybridized carbons (Fsp3) is 0.0455. The van der Waals surface area contributed by atoms with E-state index >= 15 is 0 Å². The Labute approximate surface area is 183 Å². The lowest BCUT2D eigenvalue weighted by atomic mass is 10.2. The van der Waals surface area contributed by atoms with Crippen molar-refractivity contribution in [3.8, 4) is 5.75 Å². The molecule has 10 heteroatoms. The third kappa shape index (κ3) is 4.30. The van der Waals surface area contributed by atoms with Crippen molar-refractivity contribution >= 4 is 44.3 Å². The SMILES string of the molecule is Cc1cccc(S(=O)(=O)Nc2nc3ccccc3nc2Nc2ccc(C(=O)O)c(O)c2)c1. The molecular formula is C22H18N4O5S. The second-order valence-electron chi connectivity index (χ2n) is 6.99. The number of carbonyl (C=O) groups is 1. The van der Waals surface area contributed by atoms with Crippen molar-refractivity contribution in [2.24, 2.45) is 0 Å². The molecule has 32 heavy (non-hydrogen) atoms. The fourth-order valence-electron chi connectivity index (χ4n) is 3.05. The number of para-hydroxylation sites is 2. The highest BCUT2D eigenvalue weighted by Crippen LogP contribution is 2.29. The van der Waals surface area contributed by atoms with Gasteiger partial charge < -0.3 is 15.5 Å². The van der Waals surface area contributed by atoms with E-state index < -0.39 is 21.7 Å². The van der Waals surface area contributed by atoms with Gasteiger partial charge in [0.2, 0.25) is 0 Å². The summed E-state index contributed by atoms with van der Waals surface area (Å²) in [6.45, 7) is 1.79. The summed E-state index contributed by atoms with van der Waals surface area (Å²) in [6, 6.07) is 17.2. The molecule has 1 heterocycles. The minimum Gasteiger partial charge on any atom is -0.507 e. The van der Waals surface area contributed by atoms with Crippen LogP contribution >= 0.6 is 0 Å². The number of nitrogens with one attached hydrogen (secondary N) is 2. The summed E-state index contributed by atoms with van der Waals surface area (Å²) in [5.41, 5.74) is 1.81. The van der Waals surface area contributed by atoms with Crippen molar-refractivity contribution < 1.29 is 23.4 Å². The van der Waals surface area contributed by atoms with Crippen LogP contribution in [-0.2, 0) is 10.0 Å². The van der Waals surface area contributed by atoms with Gasteiger partial charge in [0.05, 0.1) is 15.9 Å². The Morgan fingerprint density at radius 3 is 2.22 bits per heavy atom. The van der Waals surface area contributed by atoms with Gasteiger partial charge in [-0.3, -0.25) is 4.72 Å². The molecule has 0 spiro atoms. The molecule has 0 atom stereocenters. The number of aromatic nitrogens is 2. The standard InChI is InChI=1S/C22H18N4O5S/c1-13-5-4-6-15(11-13)32(30,31)26-21-20(24-17-7-2-3-8-18(17)25-21)23-14-9-10-16(22(28)29)19(27)12-14/h2-12,27H,1H3,(H,23,24)(H,25,26)(H,28,29). The first-order valence-corrected chi connectivity index (χ1v) is 10.9. The number of aromatic hydroxyl groups is 1. The number of rotatable bonds is 6. The number of benzene rings is 3. The summed E-state index contributed by atoms with van der Waals surface area (Å²) in [5.74, 6) is -1.68. The lowest BCUT2D eigenvalue weighted by molar-refractivity contribution is 0.0693. The molecule has 0 radical (unpaired) electrons. The van der Waals surface area contributed by atoms with Gasteiger partial charge in [-0.25, -0.2) is 23.2 Å². The largest absolute Gasteiger partial charge is 0.507 e. The molecule has 0 aliphatic rings. The van der Waals surface area contributed by atoms with Gasteiger partial charge in [-0.1, -0.05) is 24.3 Å². The minimum absolute atomic E-state index is 0.0491. The number of nitrogens with zero attached hydrogens (tertiary/aromatic N) is 2. The molecule has 0 fully saturated rings. The van der Waals surface area contributed by atoms with Gasteiger partial charge in [0.1, 0.15) is 11.3 Å². The number of carboxylic acids is 1. The van der Waals surface area contributed by atoms with Gasteiger partial charge in [0.25, 0.3) is 10.0 Å². The van der Waals surface area contributed by atoms with Crippen molar-refractivity contribution in [3.05, 3.63) is 77.9 Å². The van der Waals surface area contributed by atoms with E-state index in [2.05, 4.69) is 20.0 Å². The third-order valence-corrected chi connectivity index (χ3v) is 5.93. The Kier molecular flexibility index (Phi) is 5.37. The zero-order valence-electron chi connectivity index (χ0n) is 16.8. The van der Waals surface area contributed by atoms with Crippen LogP contribution in [0.25, 0.3) is 11.0 Å². The molecule has 1 aromatic heterocycles. The van der Waals surface area contributed by atoms with Crippen molar-refractivity contribution in [1.82, 2.24) is 9.97 Å². The molecule has 0 amide bonds. The quantitative estimate of drug-likeness (QED) is 0.347. The maximum atomic E-state index is 13.0. The molecule has 9 nitrogen and oxygen atoms in total. The van der Waals surface area contributed by atoms with Crippen LogP contribution in [0.5, 0.6) is 5.75 Å². The fourth-order valence-corrected chi connectivity index (χ4v) is 4.17. The monoisotopic (exact) mass is 450 g/mol. The molecule has 0 unspecified atom stereocenters. The van der Waals surface area contributed by atoms with Crippen LogP contribution < -0.4 is 10.0 Å². The number of aromatic carboxylic acids is 1. The zero-order valence-corrected chi connectivity index (χ0v) is 17.6. The summed E-state index contributed by atoms with van der Waals surface area (Å²) in [5, 5.41) is 22.0. The Hall–Kier alpha value is -4.18. The maximum Gasteiger partial charge on any atom is 0.339 e. The highest BCUT2D eigenvalue weighted by Gasteiger charge is 2.20. The Morgan fingerprint density at radius 1 is 0.906 bits per heavy atom. The van der Waals surface area contributed by atoms with Gasteiger partial charge in [0.15, 0.2) is 11.6 Å². The van der Waals surface area contributed by atoms with E-state index in [0.717, 1.165) is 5.56 Å². The minimum atomic E-state index is -3.96. The molecule has 0 saturated carbocycles. The average Bonchev–Trinajstić information content (AvgIpc) is 2.74. The summed E-state index contributed by atoms with van der Waals surface area (Å²) in [4.78, 5) is 20.1. The number of carboxylic acid groups (broad SMARTS) is 1.